The molecule has 23 heavy (non-hydrogen) atoms. The highest BCUT2D eigenvalue weighted by molar-refractivity contribution is 6.39. The van der Waals surface area contributed by atoms with Crippen molar-refractivity contribution in [3.63, 3.8) is 0 Å². The predicted molar refractivity (Wildman–Crippen MR) is 95.4 cm³/mol. The number of rotatable bonds is 10. The Bertz CT molecular complexity index is 486. The molecule has 0 saturated carbocycles. The van der Waals surface area contributed by atoms with Crippen LogP contribution in [-0.2, 0) is 9.59 Å². The maximum Gasteiger partial charge on any atom is 0.313 e. The first kappa shape index (κ1) is 19.2. The third-order valence-electron chi connectivity index (χ3n) is 3.92. The lowest BCUT2D eigenvalue weighted by Gasteiger charge is -2.08. The zero-order valence-electron chi connectivity index (χ0n) is 14.5. The van der Waals surface area contributed by atoms with E-state index in [2.05, 4.69) is 17.6 Å². The van der Waals surface area contributed by atoms with Crippen molar-refractivity contribution >= 4 is 17.5 Å². The van der Waals surface area contributed by atoms with Gasteiger partial charge in [-0.25, -0.2) is 0 Å². The van der Waals surface area contributed by atoms with E-state index in [4.69, 9.17) is 0 Å². The van der Waals surface area contributed by atoms with Crippen LogP contribution >= 0.6 is 0 Å². The molecular formula is C19H30N2O2. The maximum atomic E-state index is 11.8. The Kier molecular flexibility index (Phi) is 9.76. The van der Waals surface area contributed by atoms with Crippen LogP contribution in [0.25, 0.3) is 0 Å². The van der Waals surface area contributed by atoms with Gasteiger partial charge in [0, 0.05) is 12.2 Å². The molecule has 4 heteroatoms. The summed E-state index contributed by atoms with van der Waals surface area (Å²) in [6.07, 6.45) is 9.73. The first-order valence-corrected chi connectivity index (χ1v) is 8.80. The summed E-state index contributed by atoms with van der Waals surface area (Å²) in [5.74, 6) is -1.16. The maximum absolute atomic E-state index is 11.8. The van der Waals surface area contributed by atoms with E-state index in [1.807, 2.05) is 25.1 Å². The Morgan fingerprint density at radius 2 is 1.48 bits per heavy atom. The summed E-state index contributed by atoms with van der Waals surface area (Å²) in [6, 6.07) is 7.42. The molecule has 2 N–H and O–H groups in total. The van der Waals surface area contributed by atoms with Gasteiger partial charge >= 0.3 is 11.8 Å². The van der Waals surface area contributed by atoms with E-state index < -0.39 is 11.8 Å². The highest BCUT2D eigenvalue weighted by Gasteiger charge is 2.13. The van der Waals surface area contributed by atoms with Gasteiger partial charge in [0.1, 0.15) is 0 Å². The normalized spacial score (nSPS) is 10.3. The lowest BCUT2D eigenvalue weighted by molar-refractivity contribution is -0.136. The van der Waals surface area contributed by atoms with Gasteiger partial charge in [0.15, 0.2) is 0 Å². The molecule has 2 amide bonds. The number of carbonyl (C=O) groups excluding carboxylic acids is 2. The van der Waals surface area contributed by atoms with Gasteiger partial charge in [0.05, 0.1) is 0 Å². The standard InChI is InChI=1S/C19H30N2O2/c1-3-4-5-6-7-8-9-12-15-20-18(22)19(23)21-17-14-11-10-13-16(17)2/h10-11,13-14H,3-9,12,15H2,1-2H3,(H,20,22)(H,21,23). The monoisotopic (exact) mass is 318 g/mol. The van der Waals surface area contributed by atoms with Gasteiger partial charge in [-0.3, -0.25) is 9.59 Å². The minimum absolute atomic E-state index is 0.559. The Morgan fingerprint density at radius 1 is 0.870 bits per heavy atom. The fraction of sp³-hybridized carbons (Fsp3) is 0.579. The molecule has 0 saturated heterocycles. The minimum Gasteiger partial charge on any atom is -0.348 e. The molecule has 1 aromatic rings. The molecule has 0 aliphatic rings. The van der Waals surface area contributed by atoms with Gasteiger partial charge < -0.3 is 10.6 Å². The van der Waals surface area contributed by atoms with Crippen molar-refractivity contribution in [2.75, 3.05) is 11.9 Å². The second kappa shape index (κ2) is 11.7. The topological polar surface area (TPSA) is 58.2 Å². The van der Waals surface area contributed by atoms with Crippen LogP contribution in [-0.4, -0.2) is 18.4 Å². The molecule has 4 nitrogen and oxygen atoms in total. The first-order chi connectivity index (χ1) is 11.1. The lowest BCUT2D eigenvalue weighted by Crippen LogP contribution is -2.36. The van der Waals surface area contributed by atoms with Crippen LogP contribution in [0, 0.1) is 6.92 Å². The molecule has 0 spiro atoms. The predicted octanol–water partition coefficient (Wildman–Crippen LogP) is 4.19. The van der Waals surface area contributed by atoms with E-state index in [1.54, 1.807) is 6.07 Å². The molecule has 0 fully saturated rings. The van der Waals surface area contributed by atoms with Crippen molar-refractivity contribution in [1.82, 2.24) is 5.32 Å². The Morgan fingerprint density at radius 3 is 2.13 bits per heavy atom. The van der Waals surface area contributed by atoms with Crippen molar-refractivity contribution < 1.29 is 9.59 Å². The van der Waals surface area contributed by atoms with Crippen molar-refractivity contribution in [1.29, 1.82) is 0 Å². The average Bonchev–Trinajstić information content (AvgIpc) is 2.55. The van der Waals surface area contributed by atoms with E-state index >= 15 is 0 Å². The quantitative estimate of drug-likeness (QED) is 0.502. The summed E-state index contributed by atoms with van der Waals surface area (Å²) in [5, 5.41) is 5.32. The summed E-state index contributed by atoms with van der Waals surface area (Å²) in [5.41, 5.74) is 1.62. The van der Waals surface area contributed by atoms with Crippen LogP contribution in [0.1, 0.15) is 63.9 Å². The fourth-order valence-corrected chi connectivity index (χ4v) is 2.43. The van der Waals surface area contributed by atoms with Crippen LogP contribution in [0.3, 0.4) is 0 Å². The number of amides is 2. The van der Waals surface area contributed by atoms with Crippen molar-refractivity contribution in [2.45, 2.75) is 65.2 Å². The van der Waals surface area contributed by atoms with Crippen LogP contribution in [0.5, 0.6) is 0 Å². The molecule has 0 bridgehead atoms. The summed E-state index contributed by atoms with van der Waals surface area (Å²) < 4.78 is 0. The Labute approximate surface area is 140 Å². The van der Waals surface area contributed by atoms with Crippen molar-refractivity contribution in [3.05, 3.63) is 29.8 Å². The second-order valence-electron chi connectivity index (χ2n) is 6.00. The van der Waals surface area contributed by atoms with Crippen LogP contribution < -0.4 is 10.6 Å². The third-order valence-corrected chi connectivity index (χ3v) is 3.92. The molecule has 0 aliphatic heterocycles. The van der Waals surface area contributed by atoms with Crippen LogP contribution in [0.4, 0.5) is 5.69 Å². The van der Waals surface area contributed by atoms with Crippen molar-refractivity contribution in [2.24, 2.45) is 0 Å². The Balaban J connectivity index is 2.10. The summed E-state index contributed by atoms with van der Waals surface area (Å²) >= 11 is 0. The Hall–Kier alpha value is -1.84. The summed E-state index contributed by atoms with van der Waals surface area (Å²) in [6.45, 7) is 4.68. The van der Waals surface area contributed by atoms with Crippen LogP contribution in [0.15, 0.2) is 24.3 Å². The van der Waals surface area contributed by atoms with E-state index in [0.29, 0.717) is 12.2 Å². The molecule has 1 aromatic carbocycles. The molecular weight excluding hydrogens is 288 g/mol. The molecule has 0 aliphatic carbocycles. The number of benzene rings is 1. The van der Waals surface area contributed by atoms with Gasteiger partial charge in [0.2, 0.25) is 0 Å². The molecule has 128 valence electrons. The van der Waals surface area contributed by atoms with Crippen LogP contribution in [0.2, 0.25) is 0 Å². The number of hydrogen-bond acceptors (Lipinski definition) is 2. The average molecular weight is 318 g/mol. The van der Waals surface area contributed by atoms with Gasteiger partial charge in [-0.05, 0) is 25.0 Å². The van der Waals surface area contributed by atoms with Gasteiger partial charge in [-0.1, -0.05) is 70.1 Å². The summed E-state index contributed by atoms with van der Waals surface area (Å²) in [7, 11) is 0. The molecule has 1 rings (SSSR count). The van der Waals surface area contributed by atoms with E-state index in [0.717, 1.165) is 18.4 Å². The SMILES string of the molecule is CCCCCCCCCCNC(=O)C(=O)Nc1ccccc1C. The zero-order chi connectivity index (χ0) is 16.9. The smallest absolute Gasteiger partial charge is 0.313 e. The number of hydrogen-bond donors (Lipinski definition) is 2. The number of unbranched alkanes of at least 4 members (excludes halogenated alkanes) is 7. The zero-order valence-corrected chi connectivity index (χ0v) is 14.5. The number of nitrogens with one attached hydrogen (secondary N) is 2. The van der Waals surface area contributed by atoms with Gasteiger partial charge in [-0.15, -0.1) is 0 Å². The van der Waals surface area contributed by atoms with Crippen molar-refractivity contribution in [3.8, 4) is 0 Å². The third kappa shape index (κ3) is 8.38. The molecule has 0 heterocycles. The molecule has 0 atom stereocenters. The van der Waals surface area contributed by atoms with E-state index in [1.165, 1.54) is 38.5 Å². The van der Waals surface area contributed by atoms with Gasteiger partial charge in [0.25, 0.3) is 0 Å². The minimum atomic E-state index is -0.598. The largest absolute Gasteiger partial charge is 0.348 e. The van der Waals surface area contributed by atoms with Gasteiger partial charge in [-0.2, -0.15) is 0 Å². The highest BCUT2D eigenvalue weighted by atomic mass is 16.2. The number of para-hydroxylation sites is 1. The molecule has 0 aromatic heterocycles. The van der Waals surface area contributed by atoms with E-state index in [-0.39, 0.29) is 0 Å². The number of carbonyl (C=O) groups is 2. The fourth-order valence-electron chi connectivity index (χ4n) is 2.43. The molecule has 0 unspecified atom stereocenters. The lowest BCUT2D eigenvalue weighted by atomic mass is 10.1. The second-order valence-corrected chi connectivity index (χ2v) is 6.00. The summed E-state index contributed by atoms with van der Waals surface area (Å²) in [4.78, 5) is 23.6. The highest BCUT2D eigenvalue weighted by Crippen LogP contribution is 2.12. The first-order valence-electron chi connectivity index (χ1n) is 8.80. The van der Waals surface area contributed by atoms with E-state index in [9.17, 15) is 9.59 Å². The number of aryl methyl sites for hydroxylation is 1. The molecule has 0 radical (unpaired) electrons. The number of anilines is 1.